The molecular formula is C20H30FN3O2. The Labute approximate surface area is 155 Å². The molecule has 1 fully saturated rings. The standard InChI is InChI=1S/C20H30FN3O2/c1-20(2,3)15-22-19(26)24-12-4-11-23(13-14-24)18(25)10-7-16-5-8-17(21)9-6-16/h5-6,8-9H,4,7,10-15H2,1-3H3,(H,22,26). The van der Waals surface area contributed by atoms with Crippen LogP contribution in [-0.4, -0.2) is 54.5 Å². The fourth-order valence-corrected chi connectivity index (χ4v) is 2.88. The summed E-state index contributed by atoms with van der Waals surface area (Å²) in [5.41, 5.74) is 1.00. The van der Waals surface area contributed by atoms with E-state index in [1.165, 1.54) is 12.1 Å². The second-order valence-corrected chi connectivity index (χ2v) is 8.07. The first-order valence-corrected chi connectivity index (χ1v) is 9.29. The van der Waals surface area contributed by atoms with Gasteiger partial charge in [-0.1, -0.05) is 32.9 Å². The maximum Gasteiger partial charge on any atom is 0.317 e. The lowest BCUT2D eigenvalue weighted by Crippen LogP contribution is -2.44. The van der Waals surface area contributed by atoms with Gasteiger partial charge in [0.1, 0.15) is 5.82 Å². The molecule has 1 aromatic rings. The molecule has 26 heavy (non-hydrogen) atoms. The quantitative estimate of drug-likeness (QED) is 0.894. The second kappa shape index (κ2) is 9.01. The van der Waals surface area contributed by atoms with E-state index in [1.807, 2.05) is 4.90 Å². The van der Waals surface area contributed by atoms with Gasteiger partial charge in [0, 0.05) is 39.1 Å². The summed E-state index contributed by atoms with van der Waals surface area (Å²) in [6.07, 6.45) is 1.79. The molecule has 0 aromatic heterocycles. The molecule has 5 nitrogen and oxygen atoms in total. The Morgan fingerprint density at radius 3 is 2.31 bits per heavy atom. The molecule has 144 valence electrons. The van der Waals surface area contributed by atoms with Gasteiger partial charge in [-0.25, -0.2) is 9.18 Å². The Bertz CT molecular complexity index is 610. The van der Waals surface area contributed by atoms with Gasteiger partial charge in [0.05, 0.1) is 0 Å². The Morgan fingerprint density at radius 1 is 1.04 bits per heavy atom. The fraction of sp³-hybridized carbons (Fsp3) is 0.600. The minimum atomic E-state index is -0.266. The van der Waals surface area contributed by atoms with Crippen molar-refractivity contribution in [2.24, 2.45) is 5.41 Å². The van der Waals surface area contributed by atoms with Crippen LogP contribution in [0, 0.1) is 11.2 Å². The number of nitrogens with zero attached hydrogens (tertiary/aromatic N) is 2. The first-order valence-electron chi connectivity index (χ1n) is 9.29. The Hall–Kier alpha value is -2.11. The number of urea groups is 1. The molecule has 1 saturated heterocycles. The number of benzene rings is 1. The van der Waals surface area contributed by atoms with Crippen molar-refractivity contribution in [2.75, 3.05) is 32.7 Å². The summed E-state index contributed by atoms with van der Waals surface area (Å²) in [7, 11) is 0. The molecule has 0 unspecified atom stereocenters. The predicted octanol–water partition coefficient (Wildman–Crippen LogP) is 3.05. The summed E-state index contributed by atoms with van der Waals surface area (Å²) in [5, 5.41) is 2.97. The summed E-state index contributed by atoms with van der Waals surface area (Å²) < 4.78 is 12.9. The van der Waals surface area contributed by atoms with Crippen LogP contribution in [0.25, 0.3) is 0 Å². The number of hydrogen-bond donors (Lipinski definition) is 1. The topological polar surface area (TPSA) is 52.7 Å². The molecule has 1 heterocycles. The van der Waals surface area contributed by atoms with E-state index >= 15 is 0 Å². The largest absolute Gasteiger partial charge is 0.341 e. The molecular weight excluding hydrogens is 333 g/mol. The number of rotatable bonds is 4. The van der Waals surface area contributed by atoms with E-state index in [0.717, 1.165) is 12.0 Å². The van der Waals surface area contributed by atoms with Gasteiger partial charge < -0.3 is 15.1 Å². The minimum absolute atomic E-state index is 0.0455. The maximum atomic E-state index is 12.9. The molecule has 1 N–H and O–H groups in total. The SMILES string of the molecule is CC(C)(C)CNC(=O)N1CCCN(C(=O)CCc2ccc(F)cc2)CC1. The van der Waals surface area contributed by atoms with Gasteiger partial charge in [0.15, 0.2) is 0 Å². The zero-order valence-corrected chi connectivity index (χ0v) is 16.1. The van der Waals surface area contributed by atoms with Gasteiger partial charge >= 0.3 is 6.03 Å². The van der Waals surface area contributed by atoms with Gasteiger partial charge in [-0.15, -0.1) is 0 Å². The fourth-order valence-electron chi connectivity index (χ4n) is 2.88. The smallest absolute Gasteiger partial charge is 0.317 e. The van der Waals surface area contributed by atoms with Crippen molar-refractivity contribution >= 4 is 11.9 Å². The lowest BCUT2D eigenvalue weighted by Gasteiger charge is -2.25. The highest BCUT2D eigenvalue weighted by Crippen LogP contribution is 2.12. The Kier molecular flexibility index (Phi) is 7.00. The lowest BCUT2D eigenvalue weighted by molar-refractivity contribution is -0.131. The third-order valence-corrected chi connectivity index (χ3v) is 4.45. The highest BCUT2D eigenvalue weighted by molar-refractivity contribution is 5.77. The number of nitrogens with one attached hydrogen (secondary N) is 1. The summed E-state index contributed by atoms with van der Waals surface area (Å²) in [6, 6.07) is 6.21. The van der Waals surface area contributed by atoms with Crippen molar-refractivity contribution in [2.45, 2.75) is 40.0 Å². The lowest BCUT2D eigenvalue weighted by atomic mass is 9.97. The van der Waals surface area contributed by atoms with Crippen LogP contribution in [0.15, 0.2) is 24.3 Å². The monoisotopic (exact) mass is 363 g/mol. The number of halogens is 1. The molecule has 2 rings (SSSR count). The zero-order valence-electron chi connectivity index (χ0n) is 16.1. The van der Waals surface area contributed by atoms with Crippen LogP contribution < -0.4 is 5.32 Å². The summed E-state index contributed by atoms with van der Waals surface area (Å²) in [4.78, 5) is 28.4. The van der Waals surface area contributed by atoms with Crippen LogP contribution in [0.2, 0.25) is 0 Å². The van der Waals surface area contributed by atoms with E-state index in [2.05, 4.69) is 26.1 Å². The summed E-state index contributed by atoms with van der Waals surface area (Å²) in [6.45, 7) is 9.32. The molecule has 1 aliphatic rings. The first kappa shape index (κ1) is 20.2. The predicted molar refractivity (Wildman–Crippen MR) is 100 cm³/mol. The van der Waals surface area contributed by atoms with Crippen molar-refractivity contribution in [1.29, 1.82) is 0 Å². The molecule has 0 atom stereocenters. The molecule has 3 amide bonds. The van der Waals surface area contributed by atoms with Crippen LogP contribution >= 0.6 is 0 Å². The molecule has 0 aliphatic carbocycles. The van der Waals surface area contributed by atoms with E-state index in [-0.39, 0.29) is 23.2 Å². The van der Waals surface area contributed by atoms with Crippen LogP contribution in [0.1, 0.15) is 39.2 Å². The number of amides is 3. The average Bonchev–Trinajstić information content (AvgIpc) is 2.84. The van der Waals surface area contributed by atoms with Gasteiger partial charge in [0.25, 0.3) is 0 Å². The molecule has 0 spiro atoms. The Morgan fingerprint density at radius 2 is 1.65 bits per heavy atom. The van der Waals surface area contributed by atoms with E-state index < -0.39 is 0 Å². The summed E-state index contributed by atoms with van der Waals surface area (Å²) >= 11 is 0. The van der Waals surface area contributed by atoms with Gasteiger partial charge in [-0.3, -0.25) is 4.79 Å². The van der Waals surface area contributed by atoms with E-state index in [9.17, 15) is 14.0 Å². The molecule has 6 heteroatoms. The zero-order chi connectivity index (χ0) is 19.2. The Balaban J connectivity index is 1.78. The number of aryl methyl sites for hydroxylation is 1. The highest BCUT2D eigenvalue weighted by Gasteiger charge is 2.22. The van der Waals surface area contributed by atoms with Crippen molar-refractivity contribution in [3.8, 4) is 0 Å². The number of carbonyl (C=O) groups excluding carboxylic acids is 2. The third kappa shape index (κ3) is 6.65. The van der Waals surface area contributed by atoms with E-state index in [4.69, 9.17) is 0 Å². The van der Waals surface area contributed by atoms with Crippen LogP contribution in [0.3, 0.4) is 0 Å². The average molecular weight is 363 g/mol. The van der Waals surface area contributed by atoms with E-state index in [0.29, 0.717) is 45.6 Å². The van der Waals surface area contributed by atoms with Gasteiger partial charge in [0.2, 0.25) is 5.91 Å². The second-order valence-electron chi connectivity index (χ2n) is 8.07. The number of hydrogen-bond acceptors (Lipinski definition) is 2. The minimum Gasteiger partial charge on any atom is -0.341 e. The highest BCUT2D eigenvalue weighted by atomic mass is 19.1. The normalized spacial score (nSPS) is 15.5. The van der Waals surface area contributed by atoms with Crippen molar-refractivity contribution in [1.82, 2.24) is 15.1 Å². The molecule has 0 bridgehead atoms. The maximum absolute atomic E-state index is 12.9. The van der Waals surface area contributed by atoms with Gasteiger partial charge in [-0.05, 0) is 36.0 Å². The number of carbonyl (C=O) groups is 2. The van der Waals surface area contributed by atoms with Crippen LogP contribution in [-0.2, 0) is 11.2 Å². The van der Waals surface area contributed by atoms with E-state index in [1.54, 1.807) is 17.0 Å². The van der Waals surface area contributed by atoms with Crippen molar-refractivity contribution < 1.29 is 14.0 Å². The van der Waals surface area contributed by atoms with Gasteiger partial charge in [-0.2, -0.15) is 0 Å². The molecule has 0 radical (unpaired) electrons. The molecule has 1 aliphatic heterocycles. The molecule has 0 saturated carbocycles. The van der Waals surface area contributed by atoms with Crippen molar-refractivity contribution in [3.05, 3.63) is 35.6 Å². The van der Waals surface area contributed by atoms with Crippen LogP contribution in [0.5, 0.6) is 0 Å². The summed E-state index contributed by atoms with van der Waals surface area (Å²) in [5.74, 6) is -0.177. The molecule has 1 aromatic carbocycles. The van der Waals surface area contributed by atoms with Crippen LogP contribution in [0.4, 0.5) is 9.18 Å². The first-order chi connectivity index (χ1) is 12.2. The van der Waals surface area contributed by atoms with Crippen molar-refractivity contribution in [3.63, 3.8) is 0 Å². The third-order valence-electron chi connectivity index (χ3n) is 4.45.